The van der Waals surface area contributed by atoms with E-state index in [9.17, 15) is 10.1 Å². The van der Waals surface area contributed by atoms with Crippen LogP contribution >= 0.6 is 0 Å². The summed E-state index contributed by atoms with van der Waals surface area (Å²) in [6, 6.07) is 0. The molecule has 2 rings (SSSR count). The second kappa shape index (κ2) is 5.16. The van der Waals surface area contributed by atoms with E-state index in [2.05, 4.69) is 16.9 Å². The standard InChI is InChI=1S/C11H16N4O3/c1-7-2-4-8(5-3-7)18-11-9(15(16)17)10(12)13-6-14-11/h6-8H,2-5H2,1H3,(H2,12,13,14). The lowest BCUT2D eigenvalue weighted by molar-refractivity contribution is -0.385. The Hall–Kier alpha value is -1.92. The minimum atomic E-state index is -0.601. The first-order valence-corrected chi connectivity index (χ1v) is 5.99. The van der Waals surface area contributed by atoms with E-state index in [1.165, 1.54) is 6.33 Å². The number of ether oxygens (including phenoxy) is 1. The summed E-state index contributed by atoms with van der Waals surface area (Å²) < 4.78 is 5.60. The fraction of sp³-hybridized carbons (Fsp3) is 0.636. The van der Waals surface area contributed by atoms with E-state index < -0.39 is 4.92 Å². The van der Waals surface area contributed by atoms with E-state index in [0.29, 0.717) is 5.92 Å². The van der Waals surface area contributed by atoms with E-state index in [1.54, 1.807) is 0 Å². The van der Waals surface area contributed by atoms with Crippen LogP contribution in [0.3, 0.4) is 0 Å². The fourth-order valence-electron chi connectivity index (χ4n) is 2.14. The largest absolute Gasteiger partial charge is 0.469 e. The third-order valence-electron chi connectivity index (χ3n) is 3.24. The summed E-state index contributed by atoms with van der Waals surface area (Å²) >= 11 is 0. The van der Waals surface area contributed by atoms with Crippen molar-refractivity contribution in [2.45, 2.75) is 38.7 Å². The molecule has 1 saturated carbocycles. The number of nitro groups is 1. The number of anilines is 1. The molecule has 7 nitrogen and oxygen atoms in total. The highest BCUT2D eigenvalue weighted by Crippen LogP contribution is 2.32. The van der Waals surface area contributed by atoms with Gasteiger partial charge in [0.15, 0.2) is 0 Å². The van der Waals surface area contributed by atoms with Gasteiger partial charge < -0.3 is 10.5 Å². The van der Waals surface area contributed by atoms with E-state index in [0.717, 1.165) is 25.7 Å². The van der Waals surface area contributed by atoms with E-state index in [4.69, 9.17) is 10.5 Å². The molecule has 0 saturated heterocycles. The van der Waals surface area contributed by atoms with Crippen LogP contribution in [0.5, 0.6) is 5.88 Å². The molecule has 0 spiro atoms. The van der Waals surface area contributed by atoms with Gasteiger partial charge in [-0.15, -0.1) is 0 Å². The summed E-state index contributed by atoms with van der Waals surface area (Å²) in [5, 5.41) is 10.9. The number of rotatable bonds is 3. The van der Waals surface area contributed by atoms with Crippen LogP contribution in [0.4, 0.5) is 11.5 Å². The maximum absolute atomic E-state index is 10.9. The maximum atomic E-state index is 10.9. The van der Waals surface area contributed by atoms with Crippen LogP contribution in [0.15, 0.2) is 6.33 Å². The van der Waals surface area contributed by atoms with Crippen molar-refractivity contribution in [3.05, 3.63) is 16.4 Å². The Kier molecular flexibility index (Phi) is 3.59. The number of hydrogen-bond acceptors (Lipinski definition) is 6. The smallest absolute Gasteiger partial charge is 0.372 e. The molecule has 2 N–H and O–H groups in total. The number of hydrogen-bond donors (Lipinski definition) is 1. The zero-order valence-electron chi connectivity index (χ0n) is 10.2. The minimum Gasteiger partial charge on any atom is -0.469 e. The number of nitrogen functional groups attached to an aromatic ring is 1. The van der Waals surface area contributed by atoms with Gasteiger partial charge in [-0.05, 0) is 31.6 Å². The van der Waals surface area contributed by atoms with Crippen molar-refractivity contribution in [3.8, 4) is 5.88 Å². The van der Waals surface area contributed by atoms with Gasteiger partial charge in [-0.25, -0.2) is 4.98 Å². The van der Waals surface area contributed by atoms with Gasteiger partial charge in [0.2, 0.25) is 5.82 Å². The van der Waals surface area contributed by atoms with Crippen molar-refractivity contribution in [2.24, 2.45) is 5.92 Å². The summed E-state index contributed by atoms with van der Waals surface area (Å²) in [6.45, 7) is 2.20. The topological polar surface area (TPSA) is 104 Å². The summed E-state index contributed by atoms with van der Waals surface area (Å²) in [6.07, 6.45) is 5.08. The first-order chi connectivity index (χ1) is 8.58. The quantitative estimate of drug-likeness (QED) is 0.651. The van der Waals surface area contributed by atoms with Crippen molar-refractivity contribution in [3.63, 3.8) is 0 Å². The second-order valence-corrected chi connectivity index (χ2v) is 4.67. The van der Waals surface area contributed by atoms with Crippen molar-refractivity contribution in [1.29, 1.82) is 0 Å². The molecule has 1 aromatic heterocycles. The Morgan fingerprint density at radius 1 is 1.39 bits per heavy atom. The van der Waals surface area contributed by atoms with Gasteiger partial charge in [-0.3, -0.25) is 10.1 Å². The number of nitrogens with zero attached hydrogens (tertiary/aromatic N) is 3. The molecule has 18 heavy (non-hydrogen) atoms. The molecule has 0 unspecified atom stereocenters. The van der Waals surface area contributed by atoms with E-state index in [-0.39, 0.29) is 23.5 Å². The van der Waals surface area contributed by atoms with Crippen LogP contribution in [0.25, 0.3) is 0 Å². The Morgan fingerprint density at radius 3 is 2.67 bits per heavy atom. The molecule has 0 aromatic carbocycles. The van der Waals surface area contributed by atoms with Crippen molar-refractivity contribution in [1.82, 2.24) is 9.97 Å². The van der Waals surface area contributed by atoms with Gasteiger partial charge in [-0.2, -0.15) is 4.98 Å². The third-order valence-corrected chi connectivity index (χ3v) is 3.24. The first-order valence-electron chi connectivity index (χ1n) is 5.99. The molecule has 1 heterocycles. The Labute approximate surface area is 105 Å². The normalized spacial score (nSPS) is 23.6. The van der Waals surface area contributed by atoms with Crippen LogP contribution in [-0.4, -0.2) is 21.0 Å². The van der Waals surface area contributed by atoms with Crippen molar-refractivity contribution in [2.75, 3.05) is 5.73 Å². The fourth-order valence-corrected chi connectivity index (χ4v) is 2.14. The van der Waals surface area contributed by atoms with Gasteiger partial charge in [0.05, 0.1) is 4.92 Å². The van der Waals surface area contributed by atoms with Crippen molar-refractivity contribution >= 4 is 11.5 Å². The van der Waals surface area contributed by atoms with Crippen LogP contribution in [0, 0.1) is 16.0 Å². The molecule has 1 fully saturated rings. The van der Waals surface area contributed by atoms with Crippen LogP contribution < -0.4 is 10.5 Å². The summed E-state index contributed by atoms with van der Waals surface area (Å²) in [7, 11) is 0. The number of nitrogens with two attached hydrogens (primary N) is 1. The van der Waals surface area contributed by atoms with Crippen LogP contribution in [0.1, 0.15) is 32.6 Å². The minimum absolute atomic E-state index is 0.0193. The molecule has 1 aliphatic rings. The molecule has 7 heteroatoms. The highest BCUT2D eigenvalue weighted by Gasteiger charge is 2.27. The average Bonchev–Trinajstić information content (AvgIpc) is 2.32. The molecule has 0 radical (unpaired) electrons. The highest BCUT2D eigenvalue weighted by molar-refractivity contribution is 5.57. The lowest BCUT2D eigenvalue weighted by atomic mass is 9.89. The first kappa shape index (κ1) is 12.5. The Balaban J connectivity index is 2.14. The summed E-state index contributed by atoms with van der Waals surface area (Å²) in [5.74, 6) is 0.511. The maximum Gasteiger partial charge on any atom is 0.372 e. The van der Waals surface area contributed by atoms with Gasteiger partial charge >= 0.3 is 5.69 Å². The van der Waals surface area contributed by atoms with Gasteiger partial charge in [-0.1, -0.05) is 6.92 Å². The van der Waals surface area contributed by atoms with Gasteiger partial charge in [0, 0.05) is 0 Å². The second-order valence-electron chi connectivity index (χ2n) is 4.67. The highest BCUT2D eigenvalue weighted by atomic mass is 16.6. The van der Waals surface area contributed by atoms with Crippen LogP contribution in [0.2, 0.25) is 0 Å². The summed E-state index contributed by atoms with van der Waals surface area (Å²) in [4.78, 5) is 17.7. The Bertz CT molecular complexity index is 444. The lowest BCUT2D eigenvalue weighted by Gasteiger charge is -2.26. The molecule has 98 valence electrons. The predicted molar refractivity (Wildman–Crippen MR) is 65.1 cm³/mol. The molecule has 1 aromatic rings. The number of aromatic nitrogens is 2. The molecule has 1 aliphatic carbocycles. The third kappa shape index (κ3) is 2.66. The van der Waals surface area contributed by atoms with Gasteiger partial charge in [0.25, 0.3) is 5.88 Å². The molecule has 0 aliphatic heterocycles. The molecular formula is C11H16N4O3. The average molecular weight is 252 g/mol. The zero-order valence-corrected chi connectivity index (χ0v) is 10.2. The van der Waals surface area contributed by atoms with Gasteiger partial charge in [0.1, 0.15) is 12.4 Å². The zero-order chi connectivity index (χ0) is 13.1. The SMILES string of the molecule is CC1CCC(Oc2ncnc(N)c2[N+](=O)[O-])CC1. The molecule has 0 bridgehead atoms. The van der Waals surface area contributed by atoms with Crippen molar-refractivity contribution < 1.29 is 9.66 Å². The molecule has 0 amide bonds. The van der Waals surface area contributed by atoms with E-state index >= 15 is 0 Å². The van der Waals surface area contributed by atoms with E-state index in [1.807, 2.05) is 0 Å². The van der Waals surface area contributed by atoms with Crippen LogP contribution in [-0.2, 0) is 0 Å². The summed E-state index contributed by atoms with van der Waals surface area (Å²) in [5.41, 5.74) is 5.14. The Morgan fingerprint density at radius 2 is 2.06 bits per heavy atom. The molecular weight excluding hydrogens is 236 g/mol. The molecule has 0 atom stereocenters. The monoisotopic (exact) mass is 252 g/mol. The predicted octanol–water partition coefficient (Wildman–Crippen LogP) is 1.92. The lowest BCUT2D eigenvalue weighted by Crippen LogP contribution is -2.24.